The fourth-order valence-electron chi connectivity index (χ4n) is 2.82. The fourth-order valence-corrected chi connectivity index (χ4v) is 2.82. The van der Waals surface area contributed by atoms with Gasteiger partial charge in [-0.2, -0.15) is 0 Å². The number of likely N-dealkylation sites (N-methyl/N-ethyl adjacent to an activating group) is 1. The Morgan fingerprint density at radius 3 is 2.90 bits per heavy atom. The van der Waals surface area contributed by atoms with Crippen LogP contribution in [0.5, 0.6) is 5.75 Å². The molecule has 1 aliphatic rings. The lowest BCUT2D eigenvalue weighted by atomic mass is 10.0. The molecule has 1 atom stereocenters. The Bertz CT molecular complexity index is 473. The highest BCUT2D eigenvalue weighted by Gasteiger charge is 2.28. The Morgan fingerprint density at radius 1 is 1.55 bits per heavy atom. The van der Waals surface area contributed by atoms with Gasteiger partial charge < -0.3 is 15.0 Å². The van der Waals surface area contributed by atoms with E-state index in [2.05, 4.69) is 10.2 Å². The van der Waals surface area contributed by atoms with Crippen LogP contribution in [0.1, 0.15) is 19.8 Å². The van der Waals surface area contributed by atoms with Crippen LogP contribution < -0.4 is 15.0 Å². The SMILES string of the molecule is CCN(c1cccc(OC)c1[N+](=O)[O-])C1CCCNC1. The average molecular weight is 279 g/mol. The van der Waals surface area contributed by atoms with E-state index in [9.17, 15) is 10.1 Å². The molecular formula is C14H21N3O3. The minimum absolute atomic E-state index is 0.0578. The van der Waals surface area contributed by atoms with Crippen molar-refractivity contribution in [2.75, 3.05) is 31.6 Å². The van der Waals surface area contributed by atoms with E-state index >= 15 is 0 Å². The van der Waals surface area contributed by atoms with Crippen LogP contribution in [0.2, 0.25) is 0 Å². The van der Waals surface area contributed by atoms with E-state index in [1.165, 1.54) is 7.11 Å². The van der Waals surface area contributed by atoms with Crippen molar-refractivity contribution in [3.8, 4) is 5.75 Å². The molecule has 1 unspecified atom stereocenters. The first-order chi connectivity index (χ1) is 9.69. The number of nitro benzene ring substituents is 1. The molecule has 1 aromatic rings. The van der Waals surface area contributed by atoms with Gasteiger partial charge in [0.2, 0.25) is 0 Å². The molecule has 1 aliphatic heterocycles. The van der Waals surface area contributed by atoms with Crippen LogP contribution in [-0.4, -0.2) is 37.7 Å². The second-order valence-electron chi connectivity index (χ2n) is 4.87. The van der Waals surface area contributed by atoms with Crippen molar-refractivity contribution >= 4 is 11.4 Å². The fraction of sp³-hybridized carbons (Fsp3) is 0.571. The Labute approximate surface area is 118 Å². The predicted octanol–water partition coefficient (Wildman–Crippen LogP) is 2.18. The minimum atomic E-state index is -0.354. The molecule has 6 nitrogen and oxygen atoms in total. The number of hydrogen-bond donors (Lipinski definition) is 1. The number of ether oxygens (including phenoxy) is 1. The van der Waals surface area contributed by atoms with Crippen LogP contribution >= 0.6 is 0 Å². The first kappa shape index (κ1) is 14.6. The molecule has 0 spiro atoms. The average Bonchev–Trinajstić information content (AvgIpc) is 2.48. The number of methoxy groups -OCH3 is 1. The summed E-state index contributed by atoms with van der Waals surface area (Å²) in [6, 6.07) is 5.53. The molecular weight excluding hydrogens is 258 g/mol. The van der Waals surface area contributed by atoms with Crippen LogP contribution in [0.3, 0.4) is 0 Å². The van der Waals surface area contributed by atoms with Crippen LogP contribution in [0.4, 0.5) is 11.4 Å². The van der Waals surface area contributed by atoms with Crippen molar-refractivity contribution in [1.29, 1.82) is 0 Å². The smallest absolute Gasteiger partial charge is 0.333 e. The molecule has 2 rings (SSSR count). The van der Waals surface area contributed by atoms with E-state index in [1.54, 1.807) is 18.2 Å². The molecule has 6 heteroatoms. The van der Waals surface area contributed by atoms with Crippen LogP contribution in [0, 0.1) is 10.1 Å². The van der Waals surface area contributed by atoms with E-state index in [4.69, 9.17) is 4.74 Å². The van der Waals surface area contributed by atoms with E-state index in [-0.39, 0.29) is 10.6 Å². The standard InChI is InChI=1S/C14H21N3O3/c1-3-16(11-6-5-9-15-10-11)12-7-4-8-13(20-2)14(12)17(18)19/h4,7-8,11,15H,3,5-6,9-10H2,1-2H3. The zero-order chi connectivity index (χ0) is 14.5. The van der Waals surface area contributed by atoms with Crippen molar-refractivity contribution < 1.29 is 9.66 Å². The van der Waals surface area contributed by atoms with E-state index in [0.717, 1.165) is 32.5 Å². The quantitative estimate of drug-likeness (QED) is 0.661. The zero-order valence-electron chi connectivity index (χ0n) is 12.0. The van der Waals surface area contributed by atoms with Crippen LogP contribution in [-0.2, 0) is 0 Å². The third-order valence-corrected chi connectivity index (χ3v) is 3.74. The van der Waals surface area contributed by atoms with Crippen molar-refractivity contribution in [3.63, 3.8) is 0 Å². The molecule has 1 heterocycles. The number of rotatable bonds is 5. The van der Waals surface area contributed by atoms with E-state index in [0.29, 0.717) is 17.5 Å². The highest BCUT2D eigenvalue weighted by atomic mass is 16.6. The number of anilines is 1. The van der Waals surface area contributed by atoms with Crippen LogP contribution in [0.25, 0.3) is 0 Å². The molecule has 1 N–H and O–H groups in total. The summed E-state index contributed by atoms with van der Waals surface area (Å²) < 4.78 is 5.15. The summed E-state index contributed by atoms with van der Waals surface area (Å²) in [7, 11) is 1.46. The summed E-state index contributed by atoms with van der Waals surface area (Å²) in [5.74, 6) is 0.315. The number of nitrogens with zero attached hydrogens (tertiary/aromatic N) is 2. The highest BCUT2D eigenvalue weighted by Crippen LogP contribution is 2.38. The maximum atomic E-state index is 11.4. The van der Waals surface area contributed by atoms with Gasteiger partial charge in [0.15, 0.2) is 5.75 Å². The van der Waals surface area contributed by atoms with E-state index in [1.807, 2.05) is 6.92 Å². The van der Waals surface area contributed by atoms with Crippen LogP contribution in [0.15, 0.2) is 18.2 Å². The molecule has 0 amide bonds. The molecule has 0 bridgehead atoms. The topological polar surface area (TPSA) is 67.6 Å². The number of nitro groups is 1. The molecule has 0 saturated carbocycles. The number of hydrogen-bond acceptors (Lipinski definition) is 5. The van der Waals surface area contributed by atoms with Gasteiger partial charge in [-0.3, -0.25) is 10.1 Å². The Hall–Kier alpha value is -1.82. The lowest BCUT2D eigenvalue weighted by Gasteiger charge is -2.35. The molecule has 20 heavy (non-hydrogen) atoms. The summed E-state index contributed by atoms with van der Waals surface area (Å²) in [6.45, 7) is 4.65. The maximum Gasteiger partial charge on any atom is 0.333 e. The van der Waals surface area contributed by atoms with Crippen molar-refractivity contribution in [1.82, 2.24) is 5.32 Å². The third-order valence-electron chi connectivity index (χ3n) is 3.74. The Morgan fingerprint density at radius 2 is 2.35 bits per heavy atom. The van der Waals surface area contributed by atoms with E-state index < -0.39 is 0 Å². The molecule has 1 aromatic carbocycles. The van der Waals surface area contributed by atoms with Gasteiger partial charge in [0.1, 0.15) is 5.69 Å². The molecule has 0 radical (unpaired) electrons. The molecule has 1 fully saturated rings. The third kappa shape index (κ3) is 2.85. The lowest BCUT2D eigenvalue weighted by Crippen LogP contribution is -2.46. The second kappa shape index (κ2) is 6.56. The van der Waals surface area contributed by atoms with Crippen molar-refractivity contribution in [2.45, 2.75) is 25.8 Å². The first-order valence-corrected chi connectivity index (χ1v) is 6.97. The molecule has 0 aliphatic carbocycles. The predicted molar refractivity (Wildman–Crippen MR) is 78.6 cm³/mol. The number of nitrogens with one attached hydrogen (secondary N) is 1. The maximum absolute atomic E-state index is 11.4. The van der Waals surface area contributed by atoms with Gasteiger partial charge in [0, 0.05) is 19.1 Å². The van der Waals surface area contributed by atoms with Crippen molar-refractivity contribution in [3.05, 3.63) is 28.3 Å². The first-order valence-electron chi connectivity index (χ1n) is 6.97. The summed E-state index contributed by atoms with van der Waals surface area (Å²) in [5, 5.41) is 14.7. The van der Waals surface area contributed by atoms with Gasteiger partial charge in [0.25, 0.3) is 0 Å². The normalized spacial score (nSPS) is 18.6. The molecule has 1 saturated heterocycles. The Kier molecular flexibility index (Phi) is 4.79. The lowest BCUT2D eigenvalue weighted by molar-refractivity contribution is -0.385. The van der Waals surface area contributed by atoms with Gasteiger partial charge in [-0.15, -0.1) is 0 Å². The van der Waals surface area contributed by atoms with Gasteiger partial charge in [0.05, 0.1) is 12.0 Å². The summed E-state index contributed by atoms with van der Waals surface area (Å²) >= 11 is 0. The van der Waals surface area contributed by atoms with Crippen molar-refractivity contribution in [2.24, 2.45) is 0 Å². The summed E-state index contributed by atoms with van der Waals surface area (Å²) in [4.78, 5) is 13.1. The number of para-hydroxylation sites is 1. The highest BCUT2D eigenvalue weighted by molar-refractivity contribution is 5.70. The minimum Gasteiger partial charge on any atom is -0.490 e. The second-order valence-corrected chi connectivity index (χ2v) is 4.87. The monoisotopic (exact) mass is 279 g/mol. The van der Waals surface area contributed by atoms with Gasteiger partial charge in [-0.25, -0.2) is 0 Å². The molecule has 110 valence electrons. The van der Waals surface area contributed by atoms with Gasteiger partial charge in [-0.1, -0.05) is 6.07 Å². The molecule has 0 aromatic heterocycles. The number of piperidine rings is 1. The summed E-state index contributed by atoms with van der Waals surface area (Å²) in [6.07, 6.45) is 2.15. The Balaban J connectivity index is 2.40. The zero-order valence-corrected chi connectivity index (χ0v) is 12.0. The number of benzene rings is 1. The van der Waals surface area contributed by atoms with Gasteiger partial charge >= 0.3 is 5.69 Å². The largest absolute Gasteiger partial charge is 0.490 e. The van der Waals surface area contributed by atoms with Gasteiger partial charge in [-0.05, 0) is 38.4 Å². The summed E-state index contributed by atoms with van der Waals surface area (Å²) in [5.41, 5.74) is 0.702.